The van der Waals surface area contributed by atoms with Crippen LogP contribution in [-0.2, 0) is 6.42 Å². The van der Waals surface area contributed by atoms with E-state index in [1.165, 1.54) is 22.5 Å². The number of para-hydroxylation sites is 2. The van der Waals surface area contributed by atoms with Gasteiger partial charge in [0.15, 0.2) is 0 Å². The minimum atomic E-state index is 0.874. The van der Waals surface area contributed by atoms with Crippen LogP contribution in [-0.4, -0.2) is 6.54 Å². The molecule has 2 aromatic rings. The summed E-state index contributed by atoms with van der Waals surface area (Å²) in [5.74, 6) is 0. The molecule has 1 aliphatic rings. The fourth-order valence-corrected chi connectivity index (χ4v) is 2.66. The number of hydrogen-bond acceptors (Lipinski definition) is 2. The monoisotopic (exact) mass is 224 g/mol. The highest BCUT2D eigenvalue weighted by Gasteiger charge is 2.22. The van der Waals surface area contributed by atoms with E-state index >= 15 is 0 Å². The van der Waals surface area contributed by atoms with Crippen LogP contribution in [0.1, 0.15) is 18.1 Å². The van der Waals surface area contributed by atoms with Gasteiger partial charge in [0.2, 0.25) is 0 Å². The van der Waals surface area contributed by atoms with Crippen LogP contribution >= 0.6 is 0 Å². The highest BCUT2D eigenvalue weighted by molar-refractivity contribution is 5.82. The van der Waals surface area contributed by atoms with Gasteiger partial charge in [-0.05, 0) is 30.2 Å². The average Bonchev–Trinajstić information content (AvgIpc) is 2.36. The second-order valence-electron chi connectivity index (χ2n) is 4.40. The molecular formula is C15H16N2. The lowest BCUT2D eigenvalue weighted by molar-refractivity contribution is 0.963. The topological polar surface area (TPSA) is 29.3 Å². The van der Waals surface area contributed by atoms with E-state index in [0.717, 1.165) is 18.7 Å². The van der Waals surface area contributed by atoms with Gasteiger partial charge in [-0.25, -0.2) is 0 Å². The summed E-state index contributed by atoms with van der Waals surface area (Å²) in [6, 6.07) is 14.8. The van der Waals surface area contributed by atoms with Crippen molar-refractivity contribution in [3.8, 4) is 0 Å². The number of nitrogens with two attached hydrogens (primary N) is 1. The van der Waals surface area contributed by atoms with Crippen molar-refractivity contribution < 1.29 is 0 Å². The number of fused-ring (bicyclic) bond motifs is 2. The van der Waals surface area contributed by atoms with E-state index in [1.54, 1.807) is 0 Å². The molecule has 86 valence electrons. The highest BCUT2D eigenvalue weighted by Crippen LogP contribution is 2.41. The van der Waals surface area contributed by atoms with E-state index in [-0.39, 0.29) is 0 Å². The van der Waals surface area contributed by atoms with E-state index in [4.69, 9.17) is 5.73 Å². The minimum Gasteiger partial charge on any atom is -0.397 e. The second-order valence-corrected chi connectivity index (χ2v) is 4.40. The zero-order valence-corrected chi connectivity index (χ0v) is 9.98. The molecule has 2 nitrogen and oxygen atoms in total. The number of nitrogens with zero attached hydrogens (tertiary/aromatic N) is 1. The van der Waals surface area contributed by atoms with Crippen molar-refractivity contribution in [1.82, 2.24) is 0 Å². The van der Waals surface area contributed by atoms with E-state index in [9.17, 15) is 0 Å². The molecule has 0 aliphatic carbocycles. The zero-order valence-electron chi connectivity index (χ0n) is 9.98. The van der Waals surface area contributed by atoms with Gasteiger partial charge in [-0.2, -0.15) is 0 Å². The van der Waals surface area contributed by atoms with Crippen molar-refractivity contribution in [2.24, 2.45) is 0 Å². The molecule has 0 unspecified atom stereocenters. The van der Waals surface area contributed by atoms with Crippen LogP contribution in [0.3, 0.4) is 0 Å². The molecule has 2 aromatic carbocycles. The Kier molecular flexibility index (Phi) is 2.29. The standard InChI is InChI=1S/C15H16N2/c1-2-17-14-9-4-3-6-11(14)10-12-7-5-8-13(16)15(12)17/h3-9H,2,10,16H2,1H3. The Balaban J connectivity index is 2.23. The Morgan fingerprint density at radius 3 is 2.65 bits per heavy atom. The smallest absolute Gasteiger partial charge is 0.0680 e. The molecular weight excluding hydrogens is 208 g/mol. The zero-order chi connectivity index (χ0) is 11.8. The third-order valence-corrected chi connectivity index (χ3v) is 3.40. The van der Waals surface area contributed by atoms with Crippen molar-refractivity contribution in [2.45, 2.75) is 13.3 Å². The maximum atomic E-state index is 6.12. The maximum Gasteiger partial charge on any atom is 0.0680 e. The van der Waals surface area contributed by atoms with E-state index in [0.29, 0.717) is 0 Å². The third kappa shape index (κ3) is 1.48. The Labute approximate surface area is 102 Å². The Bertz CT molecular complexity index is 561. The van der Waals surface area contributed by atoms with E-state index in [2.05, 4.69) is 42.2 Å². The van der Waals surface area contributed by atoms with Gasteiger partial charge in [0, 0.05) is 18.7 Å². The summed E-state index contributed by atoms with van der Waals surface area (Å²) in [5, 5.41) is 0. The largest absolute Gasteiger partial charge is 0.397 e. The van der Waals surface area contributed by atoms with Crippen molar-refractivity contribution >= 4 is 17.1 Å². The van der Waals surface area contributed by atoms with Gasteiger partial charge in [0.05, 0.1) is 11.4 Å². The van der Waals surface area contributed by atoms with Gasteiger partial charge in [-0.3, -0.25) is 0 Å². The van der Waals surface area contributed by atoms with Crippen LogP contribution < -0.4 is 10.6 Å². The lowest BCUT2D eigenvalue weighted by atomic mass is 9.95. The predicted molar refractivity (Wildman–Crippen MR) is 72.8 cm³/mol. The van der Waals surface area contributed by atoms with Crippen LogP contribution in [0, 0.1) is 0 Å². The molecule has 0 radical (unpaired) electrons. The molecule has 1 heterocycles. The van der Waals surface area contributed by atoms with Crippen molar-refractivity contribution in [3.05, 3.63) is 53.6 Å². The van der Waals surface area contributed by atoms with E-state index < -0.39 is 0 Å². The number of rotatable bonds is 1. The normalized spacial score (nSPS) is 13.1. The quantitative estimate of drug-likeness (QED) is 0.753. The maximum absolute atomic E-state index is 6.12. The molecule has 0 spiro atoms. The summed E-state index contributed by atoms with van der Waals surface area (Å²) in [5.41, 5.74) is 12.2. The van der Waals surface area contributed by atoms with Crippen molar-refractivity contribution in [3.63, 3.8) is 0 Å². The fourth-order valence-electron chi connectivity index (χ4n) is 2.66. The highest BCUT2D eigenvalue weighted by atomic mass is 15.1. The lowest BCUT2D eigenvalue weighted by Gasteiger charge is -2.33. The average molecular weight is 224 g/mol. The molecule has 0 saturated carbocycles. The molecule has 0 atom stereocenters. The first kappa shape index (κ1) is 10.2. The SMILES string of the molecule is CCN1c2ccccc2Cc2cccc(N)c21. The van der Waals surface area contributed by atoms with Crippen LogP contribution in [0.15, 0.2) is 42.5 Å². The molecule has 0 amide bonds. The first-order valence-electron chi connectivity index (χ1n) is 6.04. The minimum absolute atomic E-state index is 0.874. The van der Waals surface area contributed by atoms with E-state index in [1.807, 2.05) is 12.1 Å². The number of nitrogen functional groups attached to an aromatic ring is 1. The molecule has 2 heteroatoms. The van der Waals surface area contributed by atoms with Gasteiger partial charge in [0.1, 0.15) is 0 Å². The summed E-state index contributed by atoms with van der Waals surface area (Å²) in [6.07, 6.45) is 0.979. The first-order valence-corrected chi connectivity index (χ1v) is 6.04. The lowest BCUT2D eigenvalue weighted by Crippen LogP contribution is -2.24. The molecule has 2 N–H and O–H groups in total. The molecule has 17 heavy (non-hydrogen) atoms. The Morgan fingerprint density at radius 2 is 1.82 bits per heavy atom. The number of anilines is 3. The predicted octanol–water partition coefficient (Wildman–Crippen LogP) is 3.33. The Morgan fingerprint density at radius 1 is 1.06 bits per heavy atom. The summed E-state index contributed by atoms with van der Waals surface area (Å²) in [7, 11) is 0. The molecule has 1 aliphatic heterocycles. The Hall–Kier alpha value is -1.96. The van der Waals surface area contributed by atoms with Gasteiger partial charge in [-0.1, -0.05) is 30.3 Å². The van der Waals surface area contributed by atoms with Gasteiger partial charge in [-0.15, -0.1) is 0 Å². The van der Waals surface area contributed by atoms with Crippen molar-refractivity contribution in [1.29, 1.82) is 0 Å². The van der Waals surface area contributed by atoms with Gasteiger partial charge >= 0.3 is 0 Å². The van der Waals surface area contributed by atoms with Gasteiger partial charge < -0.3 is 10.6 Å². The molecule has 3 rings (SSSR count). The molecule has 0 aromatic heterocycles. The number of benzene rings is 2. The van der Waals surface area contributed by atoms with Crippen LogP contribution in [0.5, 0.6) is 0 Å². The summed E-state index contributed by atoms with van der Waals surface area (Å²) in [4.78, 5) is 2.31. The summed E-state index contributed by atoms with van der Waals surface area (Å²) in [6.45, 7) is 3.11. The first-order chi connectivity index (χ1) is 8.31. The van der Waals surface area contributed by atoms with Crippen molar-refractivity contribution in [2.75, 3.05) is 17.2 Å². The van der Waals surface area contributed by atoms with Crippen LogP contribution in [0.4, 0.5) is 17.1 Å². The fraction of sp³-hybridized carbons (Fsp3) is 0.200. The molecule has 0 bridgehead atoms. The third-order valence-electron chi connectivity index (χ3n) is 3.40. The summed E-state index contributed by atoms with van der Waals surface area (Å²) >= 11 is 0. The second kappa shape index (κ2) is 3.81. The van der Waals surface area contributed by atoms with Gasteiger partial charge in [0.25, 0.3) is 0 Å². The summed E-state index contributed by atoms with van der Waals surface area (Å²) < 4.78 is 0. The molecule has 0 fully saturated rings. The molecule has 0 saturated heterocycles. The van der Waals surface area contributed by atoms with Crippen LogP contribution in [0.25, 0.3) is 0 Å². The van der Waals surface area contributed by atoms with Crippen LogP contribution in [0.2, 0.25) is 0 Å². The number of hydrogen-bond donors (Lipinski definition) is 1.